The third kappa shape index (κ3) is 5.22. The smallest absolute Gasteiger partial charge is 0.269 e. The Morgan fingerprint density at radius 3 is 2.35 bits per heavy atom. The minimum Gasteiger partial charge on any atom is -0.321 e. The fourth-order valence-corrected chi connectivity index (χ4v) is 5.05. The van der Waals surface area contributed by atoms with E-state index in [1.165, 1.54) is 40.9 Å². The van der Waals surface area contributed by atoms with Crippen LogP contribution in [0, 0.1) is 24.1 Å². The minimum absolute atomic E-state index is 0.179. The van der Waals surface area contributed by atoms with Crippen LogP contribution >= 0.6 is 27.7 Å². The first-order valence-corrected chi connectivity index (χ1v) is 12.1. The highest BCUT2D eigenvalue weighted by molar-refractivity contribution is 9.10. The van der Waals surface area contributed by atoms with Crippen molar-refractivity contribution in [3.63, 3.8) is 0 Å². The molecule has 1 aliphatic heterocycles. The summed E-state index contributed by atoms with van der Waals surface area (Å²) >= 11 is 4.57. The molecule has 170 valence electrons. The number of nitrogens with one attached hydrogen (secondary N) is 1. The molecule has 1 N–H and O–H groups in total. The van der Waals surface area contributed by atoms with Crippen LogP contribution in [-0.4, -0.2) is 17.1 Å². The highest BCUT2D eigenvalue weighted by atomic mass is 79.9. The normalized spacial score (nSPS) is 16.8. The fourth-order valence-electron chi connectivity index (χ4n) is 3.48. The van der Waals surface area contributed by atoms with Gasteiger partial charge < -0.3 is 5.32 Å². The summed E-state index contributed by atoms with van der Waals surface area (Å²) in [5.74, 6) is -1.33. The van der Waals surface area contributed by atoms with E-state index in [4.69, 9.17) is 0 Å². The maximum Gasteiger partial charge on any atom is 0.269 e. The highest BCUT2D eigenvalue weighted by Crippen LogP contribution is 2.42. The number of hydrogen-bond donors (Lipinski definition) is 1. The van der Waals surface area contributed by atoms with Crippen molar-refractivity contribution in [2.24, 2.45) is 0 Å². The first-order chi connectivity index (χ1) is 16.4. The lowest BCUT2D eigenvalue weighted by molar-refractivity contribution is -0.117. The van der Waals surface area contributed by atoms with Crippen LogP contribution < -0.4 is 10.2 Å². The molecule has 0 aromatic heterocycles. The molecular formula is C26H19BrFN3O2S. The molecule has 1 atom stereocenters. The molecule has 0 aliphatic carbocycles. The van der Waals surface area contributed by atoms with Crippen LogP contribution in [-0.2, 0) is 16.0 Å². The van der Waals surface area contributed by atoms with Crippen molar-refractivity contribution in [1.82, 2.24) is 0 Å². The Morgan fingerprint density at radius 1 is 1.09 bits per heavy atom. The summed E-state index contributed by atoms with van der Waals surface area (Å²) in [7, 11) is 0. The Hall–Kier alpha value is -3.41. The third-order valence-corrected chi connectivity index (χ3v) is 7.03. The summed E-state index contributed by atoms with van der Waals surface area (Å²) in [6, 6.07) is 22.2. The molecule has 5 nitrogen and oxygen atoms in total. The molecule has 3 aromatic rings. The lowest BCUT2D eigenvalue weighted by Crippen LogP contribution is -2.30. The Morgan fingerprint density at radius 2 is 1.74 bits per heavy atom. The van der Waals surface area contributed by atoms with Crippen LogP contribution in [0.3, 0.4) is 0 Å². The number of amides is 2. The summed E-state index contributed by atoms with van der Waals surface area (Å²) in [5, 5.41) is 12.3. The van der Waals surface area contributed by atoms with E-state index in [9.17, 15) is 19.2 Å². The van der Waals surface area contributed by atoms with E-state index in [-0.39, 0.29) is 16.5 Å². The van der Waals surface area contributed by atoms with Crippen LogP contribution in [0.5, 0.6) is 0 Å². The number of rotatable bonds is 5. The Balaban J connectivity index is 1.71. The van der Waals surface area contributed by atoms with Crippen molar-refractivity contribution in [2.45, 2.75) is 18.6 Å². The van der Waals surface area contributed by atoms with Crippen molar-refractivity contribution >= 4 is 50.9 Å². The second-order valence-electron chi connectivity index (χ2n) is 7.70. The Labute approximate surface area is 209 Å². The third-order valence-electron chi connectivity index (χ3n) is 5.23. The molecule has 0 spiro atoms. The van der Waals surface area contributed by atoms with Gasteiger partial charge in [-0.25, -0.2) is 4.39 Å². The molecular weight excluding hydrogens is 517 g/mol. The lowest BCUT2D eigenvalue weighted by Gasteiger charge is -2.18. The van der Waals surface area contributed by atoms with Crippen LogP contribution in [0.4, 0.5) is 15.8 Å². The van der Waals surface area contributed by atoms with Crippen molar-refractivity contribution in [1.29, 1.82) is 5.26 Å². The average Bonchev–Trinajstić information content (AvgIpc) is 3.13. The number of benzene rings is 3. The number of carbonyl (C=O) groups is 2. The van der Waals surface area contributed by atoms with Crippen molar-refractivity contribution in [3.8, 4) is 6.07 Å². The summed E-state index contributed by atoms with van der Waals surface area (Å²) < 4.78 is 14.5. The standard InChI is InChI=1S/C26H19BrFN3O2S/c1-16-2-10-20(11-3-16)30-24(32)22(15-29)26-31(21-12-8-19(28)9-13-21)25(33)23(34-26)14-17-4-6-18(27)7-5-17/h2-13,23H,14H2,1H3,(H,30,32). The SMILES string of the molecule is Cc1ccc(NC(=O)C(C#N)=C2SC(Cc3ccc(Br)cc3)C(=O)N2c2ccc(F)cc2)cc1. The molecule has 1 unspecified atom stereocenters. The van der Waals surface area contributed by atoms with E-state index in [0.717, 1.165) is 15.6 Å². The largest absolute Gasteiger partial charge is 0.321 e. The number of aryl methyl sites for hydroxylation is 1. The highest BCUT2D eigenvalue weighted by Gasteiger charge is 2.40. The van der Waals surface area contributed by atoms with E-state index in [2.05, 4.69) is 21.2 Å². The Kier molecular flexibility index (Phi) is 7.15. The molecule has 4 rings (SSSR count). The van der Waals surface area contributed by atoms with Crippen LogP contribution in [0.2, 0.25) is 0 Å². The number of halogens is 2. The molecule has 1 heterocycles. The zero-order valence-corrected chi connectivity index (χ0v) is 20.5. The molecule has 0 saturated carbocycles. The van der Waals surface area contributed by atoms with Gasteiger partial charge in [-0.15, -0.1) is 0 Å². The maximum atomic E-state index is 13.5. The summed E-state index contributed by atoms with van der Waals surface area (Å²) in [4.78, 5) is 27.8. The molecule has 0 bridgehead atoms. The van der Waals surface area contributed by atoms with Crippen LogP contribution in [0.15, 0.2) is 87.9 Å². The van der Waals surface area contributed by atoms with Gasteiger partial charge in [0.25, 0.3) is 5.91 Å². The number of anilines is 2. The molecule has 1 saturated heterocycles. The molecule has 2 amide bonds. The van der Waals surface area contributed by atoms with E-state index in [1.54, 1.807) is 12.1 Å². The Bertz CT molecular complexity index is 1300. The van der Waals surface area contributed by atoms with E-state index >= 15 is 0 Å². The van der Waals surface area contributed by atoms with Gasteiger partial charge >= 0.3 is 0 Å². The number of nitriles is 1. The van der Waals surface area contributed by atoms with Crippen LogP contribution in [0.1, 0.15) is 11.1 Å². The van der Waals surface area contributed by atoms with Gasteiger partial charge in [0, 0.05) is 15.8 Å². The van der Waals surface area contributed by atoms with Gasteiger partial charge in [0.2, 0.25) is 5.91 Å². The molecule has 3 aromatic carbocycles. The molecule has 34 heavy (non-hydrogen) atoms. The second-order valence-corrected chi connectivity index (χ2v) is 9.81. The number of thioether (sulfide) groups is 1. The van der Waals surface area contributed by atoms with Gasteiger partial charge in [0.05, 0.1) is 5.25 Å². The molecule has 8 heteroatoms. The number of carbonyl (C=O) groups excluding carboxylic acids is 2. The lowest BCUT2D eigenvalue weighted by atomic mass is 10.1. The zero-order chi connectivity index (χ0) is 24.2. The minimum atomic E-state index is -0.613. The first kappa shape index (κ1) is 23.7. The zero-order valence-electron chi connectivity index (χ0n) is 18.1. The van der Waals surface area contributed by atoms with Gasteiger partial charge in [0.1, 0.15) is 22.5 Å². The van der Waals surface area contributed by atoms with Gasteiger partial charge in [0.15, 0.2) is 0 Å². The molecule has 1 fully saturated rings. The van der Waals surface area contributed by atoms with Gasteiger partial charge in [-0.3, -0.25) is 14.5 Å². The predicted octanol–water partition coefficient (Wildman–Crippen LogP) is 5.96. The van der Waals surface area contributed by atoms with Gasteiger partial charge in [-0.1, -0.05) is 57.5 Å². The average molecular weight is 536 g/mol. The van der Waals surface area contributed by atoms with E-state index in [1.807, 2.05) is 49.4 Å². The van der Waals surface area contributed by atoms with Crippen molar-refractivity contribution in [3.05, 3.63) is 105 Å². The van der Waals surface area contributed by atoms with Crippen molar-refractivity contribution in [2.75, 3.05) is 10.2 Å². The topological polar surface area (TPSA) is 73.2 Å². The van der Waals surface area contributed by atoms with E-state index < -0.39 is 17.0 Å². The summed E-state index contributed by atoms with van der Waals surface area (Å²) in [5.41, 5.74) is 2.73. The monoisotopic (exact) mass is 535 g/mol. The van der Waals surface area contributed by atoms with Crippen LogP contribution in [0.25, 0.3) is 0 Å². The number of hydrogen-bond acceptors (Lipinski definition) is 4. The number of nitrogens with zero attached hydrogens (tertiary/aromatic N) is 2. The van der Waals surface area contributed by atoms with Gasteiger partial charge in [-0.05, 0) is 67.4 Å². The predicted molar refractivity (Wildman–Crippen MR) is 136 cm³/mol. The quantitative estimate of drug-likeness (QED) is 0.323. The summed E-state index contributed by atoms with van der Waals surface area (Å²) in [6.45, 7) is 1.93. The fraction of sp³-hybridized carbons (Fsp3) is 0.115. The molecule has 0 radical (unpaired) electrons. The van der Waals surface area contributed by atoms with Crippen molar-refractivity contribution < 1.29 is 14.0 Å². The van der Waals surface area contributed by atoms with E-state index in [0.29, 0.717) is 17.8 Å². The second kappa shape index (κ2) is 10.2. The summed E-state index contributed by atoms with van der Waals surface area (Å²) in [6.07, 6.45) is 0.413. The molecule has 1 aliphatic rings. The first-order valence-electron chi connectivity index (χ1n) is 10.4. The maximum absolute atomic E-state index is 13.5. The van der Waals surface area contributed by atoms with Gasteiger partial charge in [-0.2, -0.15) is 5.26 Å².